The lowest BCUT2D eigenvalue weighted by Gasteiger charge is -2.15. The zero-order chi connectivity index (χ0) is 20.0. The summed E-state index contributed by atoms with van der Waals surface area (Å²) in [6.45, 7) is 0. The number of amides is 1. The first kappa shape index (κ1) is 17.4. The topological polar surface area (TPSA) is 68.9 Å². The van der Waals surface area contributed by atoms with Crippen molar-refractivity contribution in [2.75, 3.05) is 5.32 Å². The van der Waals surface area contributed by atoms with E-state index in [1.54, 1.807) is 53.5 Å². The number of nitrogens with zero attached hydrogens (tertiary/aromatic N) is 3. The van der Waals surface area contributed by atoms with E-state index in [4.69, 9.17) is 0 Å². The molecular weight excluding hydrogens is 371 g/mol. The number of anilines is 1. The van der Waals surface area contributed by atoms with E-state index >= 15 is 0 Å². The molecular formula is C22H17FN4O2. The molecule has 144 valence electrons. The molecule has 6 nitrogen and oxygen atoms in total. The number of pyridine rings is 1. The minimum Gasteiger partial charge on any atom is -0.343 e. The molecule has 0 spiro atoms. The highest BCUT2D eigenvalue weighted by Crippen LogP contribution is 2.37. The van der Waals surface area contributed by atoms with Crippen molar-refractivity contribution in [2.24, 2.45) is 0 Å². The van der Waals surface area contributed by atoms with Gasteiger partial charge in [0.15, 0.2) is 0 Å². The molecule has 2 aromatic carbocycles. The smallest absolute Gasteiger partial charge is 0.261 e. The van der Waals surface area contributed by atoms with Gasteiger partial charge in [0, 0.05) is 35.7 Å². The van der Waals surface area contributed by atoms with E-state index in [0.29, 0.717) is 16.9 Å². The molecule has 1 fully saturated rings. The van der Waals surface area contributed by atoms with Gasteiger partial charge < -0.3 is 14.5 Å². The summed E-state index contributed by atoms with van der Waals surface area (Å²) >= 11 is 0. The summed E-state index contributed by atoms with van der Waals surface area (Å²) in [6, 6.07) is 12.0. The number of rotatable bonds is 4. The van der Waals surface area contributed by atoms with Gasteiger partial charge in [0.05, 0.1) is 17.5 Å². The fourth-order valence-corrected chi connectivity index (χ4v) is 3.49. The molecule has 0 atom stereocenters. The number of para-hydroxylation sites is 1. The number of nitrogens with one attached hydrogen (secondary N) is 1. The standard InChI is InChI=1S/C22H17FN4O2/c23-18-10-16-19(11-20(18)26-9-8-24-13-26)27(15-6-7-15)12-17(21(16)28)22(29)25-14-4-2-1-3-5-14/h1-5,8-13,15H,6-7H2,(H,25,29). The minimum atomic E-state index is -0.546. The van der Waals surface area contributed by atoms with Crippen LogP contribution in [-0.4, -0.2) is 20.0 Å². The molecule has 0 bridgehead atoms. The third kappa shape index (κ3) is 3.10. The van der Waals surface area contributed by atoms with Gasteiger partial charge in [-0.25, -0.2) is 9.37 Å². The molecule has 1 aliphatic rings. The van der Waals surface area contributed by atoms with E-state index in [-0.39, 0.29) is 17.0 Å². The van der Waals surface area contributed by atoms with E-state index in [0.717, 1.165) is 12.8 Å². The molecule has 0 saturated heterocycles. The number of imidazole rings is 1. The Hall–Kier alpha value is -3.74. The highest BCUT2D eigenvalue weighted by Gasteiger charge is 2.27. The normalized spacial score (nSPS) is 13.6. The van der Waals surface area contributed by atoms with Gasteiger partial charge in [-0.2, -0.15) is 0 Å². The Labute approximate surface area is 165 Å². The fraction of sp³-hybridized carbons (Fsp3) is 0.136. The third-order valence-corrected chi connectivity index (χ3v) is 5.10. The Bertz CT molecular complexity index is 1280. The third-order valence-electron chi connectivity index (χ3n) is 5.10. The second-order valence-corrected chi connectivity index (χ2v) is 7.12. The SMILES string of the molecule is O=C(Nc1ccccc1)c1cn(C2CC2)c2cc(-n3ccnc3)c(F)cc2c1=O. The number of halogens is 1. The summed E-state index contributed by atoms with van der Waals surface area (Å²) < 4.78 is 18.3. The maximum atomic E-state index is 14.8. The van der Waals surface area contributed by atoms with E-state index < -0.39 is 17.2 Å². The number of carbonyl (C=O) groups is 1. The van der Waals surface area contributed by atoms with Gasteiger partial charge in [0.25, 0.3) is 5.91 Å². The second-order valence-electron chi connectivity index (χ2n) is 7.12. The van der Waals surface area contributed by atoms with E-state index in [1.807, 2.05) is 10.6 Å². The summed E-state index contributed by atoms with van der Waals surface area (Å²) in [5.41, 5.74) is 1.03. The zero-order valence-corrected chi connectivity index (χ0v) is 15.4. The number of benzene rings is 2. The van der Waals surface area contributed by atoms with Crippen LogP contribution < -0.4 is 10.7 Å². The summed E-state index contributed by atoms with van der Waals surface area (Å²) in [5, 5.41) is 2.93. The van der Waals surface area contributed by atoms with Gasteiger partial charge in [-0.05, 0) is 37.1 Å². The Morgan fingerprint density at radius 1 is 1.17 bits per heavy atom. The van der Waals surface area contributed by atoms with Gasteiger partial charge >= 0.3 is 0 Å². The van der Waals surface area contributed by atoms with Crippen LogP contribution in [0.15, 0.2) is 72.2 Å². The average molecular weight is 388 g/mol. The predicted molar refractivity (Wildman–Crippen MR) is 108 cm³/mol. The predicted octanol–water partition coefficient (Wildman–Crippen LogP) is 3.91. The first-order valence-corrected chi connectivity index (χ1v) is 9.35. The number of aromatic nitrogens is 3. The molecule has 29 heavy (non-hydrogen) atoms. The highest BCUT2D eigenvalue weighted by atomic mass is 19.1. The van der Waals surface area contributed by atoms with Crippen molar-refractivity contribution < 1.29 is 9.18 Å². The second kappa shape index (κ2) is 6.70. The molecule has 2 heterocycles. The van der Waals surface area contributed by atoms with Crippen LogP contribution >= 0.6 is 0 Å². The van der Waals surface area contributed by atoms with Gasteiger partial charge in [-0.3, -0.25) is 9.59 Å². The first-order valence-electron chi connectivity index (χ1n) is 9.35. The molecule has 4 aromatic rings. The maximum absolute atomic E-state index is 14.8. The monoisotopic (exact) mass is 388 g/mol. The molecule has 2 aromatic heterocycles. The first-order chi connectivity index (χ1) is 14.1. The van der Waals surface area contributed by atoms with Crippen LogP contribution in [0.5, 0.6) is 0 Å². The Kier molecular flexibility index (Phi) is 4.01. The summed E-state index contributed by atoms with van der Waals surface area (Å²) in [5.74, 6) is -1.05. The van der Waals surface area contributed by atoms with E-state index in [9.17, 15) is 14.0 Å². The molecule has 0 aliphatic heterocycles. The van der Waals surface area contributed by atoms with Crippen molar-refractivity contribution in [3.05, 3.63) is 89.0 Å². The molecule has 1 saturated carbocycles. The van der Waals surface area contributed by atoms with Crippen LogP contribution in [0, 0.1) is 5.82 Å². The Morgan fingerprint density at radius 2 is 1.97 bits per heavy atom. The zero-order valence-electron chi connectivity index (χ0n) is 15.4. The van der Waals surface area contributed by atoms with Crippen LogP contribution in [0.4, 0.5) is 10.1 Å². The van der Waals surface area contributed by atoms with Crippen LogP contribution in [0.3, 0.4) is 0 Å². The number of hydrogen-bond acceptors (Lipinski definition) is 3. The van der Waals surface area contributed by atoms with Crippen molar-refractivity contribution >= 4 is 22.5 Å². The van der Waals surface area contributed by atoms with Gasteiger partial charge in [0.2, 0.25) is 5.43 Å². The number of hydrogen-bond donors (Lipinski definition) is 1. The van der Waals surface area contributed by atoms with Gasteiger partial charge in [0.1, 0.15) is 11.4 Å². The molecule has 0 unspecified atom stereocenters. The molecule has 0 radical (unpaired) electrons. The summed E-state index contributed by atoms with van der Waals surface area (Å²) in [4.78, 5) is 29.8. The lowest BCUT2D eigenvalue weighted by atomic mass is 10.1. The van der Waals surface area contributed by atoms with Gasteiger partial charge in [-0.15, -0.1) is 0 Å². The molecule has 1 aliphatic carbocycles. The maximum Gasteiger partial charge on any atom is 0.261 e. The molecule has 1 amide bonds. The largest absolute Gasteiger partial charge is 0.343 e. The Balaban J connectivity index is 1.67. The number of carbonyl (C=O) groups excluding carboxylic acids is 1. The number of fused-ring (bicyclic) bond motifs is 1. The lowest BCUT2D eigenvalue weighted by molar-refractivity contribution is 0.102. The van der Waals surface area contributed by atoms with E-state index in [2.05, 4.69) is 10.3 Å². The van der Waals surface area contributed by atoms with Gasteiger partial charge in [-0.1, -0.05) is 18.2 Å². The molecule has 7 heteroatoms. The minimum absolute atomic E-state index is 0.00281. The quantitative estimate of drug-likeness (QED) is 0.576. The van der Waals surface area contributed by atoms with Crippen molar-refractivity contribution in [3.63, 3.8) is 0 Å². The summed E-state index contributed by atoms with van der Waals surface area (Å²) in [7, 11) is 0. The fourth-order valence-electron chi connectivity index (χ4n) is 3.49. The van der Waals surface area contributed by atoms with Crippen molar-refractivity contribution in [2.45, 2.75) is 18.9 Å². The van der Waals surface area contributed by atoms with Crippen molar-refractivity contribution in [1.82, 2.24) is 14.1 Å². The van der Waals surface area contributed by atoms with Crippen LogP contribution in [0.1, 0.15) is 29.2 Å². The summed E-state index contributed by atoms with van der Waals surface area (Å²) in [6.07, 6.45) is 8.22. The van der Waals surface area contributed by atoms with Crippen molar-refractivity contribution in [1.29, 1.82) is 0 Å². The van der Waals surface area contributed by atoms with Crippen LogP contribution in [0.25, 0.3) is 16.6 Å². The highest BCUT2D eigenvalue weighted by molar-refractivity contribution is 6.05. The van der Waals surface area contributed by atoms with Crippen LogP contribution in [0.2, 0.25) is 0 Å². The molecule has 1 N–H and O–H groups in total. The average Bonchev–Trinajstić information content (AvgIpc) is 3.42. The molecule has 5 rings (SSSR count). The lowest BCUT2D eigenvalue weighted by Crippen LogP contribution is -2.24. The van der Waals surface area contributed by atoms with Crippen LogP contribution in [-0.2, 0) is 0 Å². The Morgan fingerprint density at radius 3 is 2.66 bits per heavy atom. The van der Waals surface area contributed by atoms with E-state index in [1.165, 1.54) is 12.4 Å². The van der Waals surface area contributed by atoms with Crippen molar-refractivity contribution in [3.8, 4) is 5.69 Å².